The first-order valence-electron chi connectivity index (χ1n) is 5.64. The van der Waals surface area contributed by atoms with E-state index in [1.165, 1.54) is 6.20 Å². The van der Waals surface area contributed by atoms with Gasteiger partial charge in [-0.1, -0.05) is 0 Å². The van der Waals surface area contributed by atoms with Crippen molar-refractivity contribution in [3.05, 3.63) is 45.8 Å². The summed E-state index contributed by atoms with van der Waals surface area (Å²) in [6.45, 7) is 3.61. The molecule has 0 bridgehead atoms. The number of aryl methyl sites for hydroxylation is 2. The lowest BCUT2D eigenvalue weighted by Crippen LogP contribution is -2.15. The van der Waals surface area contributed by atoms with Gasteiger partial charge in [0.15, 0.2) is 0 Å². The molecule has 6 heteroatoms. The Hall–Kier alpha value is -1.95. The zero-order valence-electron chi connectivity index (χ0n) is 10.6. The molecule has 0 saturated carbocycles. The number of nitrogens with zero attached hydrogens (tertiary/aromatic N) is 2. The molecule has 1 amide bonds. The van der Waals surface area contributed by atoms with E-state index in [0.29, 0.717) is 22.8 Å². The van der Waals surface area contributed by atoms with Crippen LogP contribution < -0.4 is 11.1 Å². The van der Waals surface area contributed by atoms with Gasteiger partial charge in [-0.3, -0.25) is 9.78 Å². The molecular formula is C13H13BrN4O. The maximum atomic E-state index is 12.1. The lowest BCUT2D eigenvalue weighted by Gasteiger charge is -2.08. The summed E-state index contributed by atoms with van der Waals surface area (Å²) in [6, 6.07) is 5.16. The predicted molar refractivity (Wildman–Crippen MR) is 78.0 cm³/mol. The van der Waals surface area contributed by atoms with E-state index in [-0.39, 0.29) is 5.91 Å². The number of carbonyl (C=O) groups excluding carboxylic acids is 1. The number of amides is 1. The van der Waals surface area contributed by atoms with Gasteiger partial charge in [0.25, 0.3) is 5.91 Å². The summed E-state index contributed by atoms with van der Waals surface area (Å²) in [5.41, 5.74) is 7.97. The van der Waals surface area contributed by atoms with Gasteiger partial charge >= 0.3 is 0 Å². The highest BCUT2D eigenvalue weighted by molar-refractivity contribution is 9.10. The third-order valence-electron chi connectivity index (χ3n) is 2.62. The van der Waals surface area contributed by atoms with Crippen molar-refractivity contribution >= 4 is 33.3 Å². The zero-order chi connectivity index (χ0) is 14.0. The van der Waals surface area contributed by atoms with Crippen molar-refractivity contribution in [2.24, 2.45) is 0 Å². The smallest absolute Gasteiger partial charge is 0.258 e. The standard InChI is InChI=1S/C13H13BrN4O/c1-7-10(5-9(15)6-16-7)13(19)18-12-4-3-11(14)8(2)17-12/h3-6H,15H2,1-2H3,(H,17,18,19). The molecule has 0 saturated heterocycles. The van der Waals surface area contributed by atoms with E-state index in [2.05, 4.69) is 31.2 Å². The minimum atomic E-state index is -0.272. The second kappa shape index (κ2) is 5.36. The quantitative estimate of drug-likeness (QED) is 0.891. The molecule has 0 aliphatic rings. The number of anilines is 2. The third-order valence-corrected chi connectivity index (χ3v) is 3.45. The minimum absolute atomic E-state index is 0.272. The average molecular weight is 321 g/mol. The third kappa shape index (κ3) is 3.08. The van der Waals surface area contributed by atoms with Crippen molar-refractivity contribution < 1.29 is 4.79 Å². The van der Waals surface area contributed by atoms with Gasteiger partial charge in [0.2, 0.25) is 0 Å². The van der Waals surface area contributed by atoms with E-state index in [1.807, 2.05) is 13.0 Å². The monoisotopic (exact) mass is 320 g/mol. The summed E-state index contributed by atoms with van der Waals surface area (Å²) in [5.74, 6) is 0.221. The van der Waals surface area contributed by atoms with Crippen LogP contribution in [0.2, 0.25) is 0 Å². The van der Waals surface area contributed by atoms with Crippen LogP contribution in [0.1, 0.15) is 21.7 Å². The second-order valence-electron chi connectivity index (χ2n) is 4.12. The Bertz CT molecular complexity index is 643. The normalized spacial score (nSPS) is 10.3. The average Bonchev–Trinajstić information content (AvgIpc) is 2.36. The highest BCUT2D eigenvalue weighted by atomic mass is 79.9. The van der Waals surface area contributed by atoms with E-state index in [1.54, 1.807) is 19.1 Å². The highest BCUT2D eigenvalue weighted by Crippen LogP contribution is 2.17. The Morgan fingerprint density at radius 2 is 2.05 bits per heavy atom. The number of rotatable bonds is 2. The molecule has 0 radical (unpaired) electrons. The fourth-order valence-electron chi connectivity index (χ4n) is 1.58. The van der Waals surface area contributed by atoms with Crippen LogP contribution in [0.15, 0.2) is 28.9 Å². The molecule has 98 valence electrons. The van der Waals surface area contributed by atoms with Crippen LogP contribution in [0.25, 0.3) is 0 Å². The summed E-state index contributed by atoms with van der Waals surface area (Å²) in [5, 5.41) is 2.73. The Kier molecular flexibility index (Phi) is 3.80. The molecule has 0 aromatic carbocycles. The van der Waals surface area contributed by atoms with Crippen LogP contribution in [0.4, 0.5) is 11.5 Å². The van der Waals surface area contributed by atoms with Crippen molar-refractivity contribution in [3.8, 4) is 0 Å². The van der Waals surface area contributed by atoms with Gasteiger partial charge in [-0.15, -0.1) is 0 Å². The number of nitrogen functional groups attached to an aromatic ring is 1. The molecule has 2 rings (SSSR count). The number of nitrogens with one attached hydrogen (secondary N) is 1. The van der Waals surface area contributed by atoms with Crippen molar-refractivity contribution in [3.63, 3.8) is 0 Å². The molecule has 0 atom stereocenters. The number of hydrogen-bond acceptors (Lipinski definition) is 4. The first-order chi connectivity index (χ1) is 8.97. The SMILES string of the molecule is Cc1nc(NC(=O)c2cc(N)cnc2C)ccc1Br. The van der Waals surface area contributed by atoms with Crippen LogP contribution in [-0.4, -0.2) is 15.9 Å². The topological polar surface area (TPSA) is 80.9 Å². The molecule has 0 aliphatic heterocycles. The minimum Gasteiger partial charge on any atom is -0.397 e. The first kappa shape index (κ1) is 13.5. The van der Waals surface area contributed by atoms with Gasteiger partial charge in [0, 0.05) is 4.47 Å². The van der Waals surface area contributed by atoms with Crippen molar-refractivity contribution in [2.75, 3.05) is 11.1 Å². The molecule has 0 fully saturated rings. The van der Waals surface area contributed by atoms with E-state index in [9.17, 15) is 4.79 Å². The zero-order valence-corrected chi connectivity index (χ0v) is 12.2. The van der Waals surface area contributed by atoms with Gasteiger partial charge in [0.1, 0.15) is 5.82 Å². The predicted octanol–water partition coefficient (Wildman–Crippen LogP) is 2.69. The van der Waals surface area contributed by atoms with E-state index < -0.39 is 0 Å². The maximum Gasteiger partial charge on any atom is 0.258 e. The Morgan fingerprint density at radius 3 is 2.74 bits per heavy atom. The lowest BCUT2D eigenvalue weighted by atomic mass is 10.2. The molecule has 19 heavy (non-hydrogen) atoms. The van der Waals surface area contributed by atoms with E-state index >= 15 is 0 Å². The van der Waals surface area contributed by atoms with Gasteiger partial charge in [-0.2, -0.15) is 0 Å². The van der Waals surface area contributed by atoms with Crippen molar-refractivity contribution in [2.45, 2.75) is 13.8 Å². The molecule has 0 aliphatic carbocycles. The molecule has 3 N–H and O–H groups in total. The van der Waals surface area contributed by atoms with Gasteiger partial charge in [-0.25, -0.2) is 4.98 Å². The number of pyridine rings is 2. The molecule has 0 unspecified atom stereocenters. The Labute approximate surface area is 119 Å². The number of hydrogen-bond donors (Lipinski definition) is 2. The number of carbonyl (C=O) groups is 1. The number of halogens is 1. The molecule has 2 heterocycles. The summed E-state index contributed by atoms with van der Waals surface area (Å²) >= 11 is 3.36. The molecule has 2 aromatic heterocycles. The fraction of sp³-hybridized carbons (Fsp3) is 0.154. The van der Waals surface area contributed by atoms with Crippen molar-refractivity contribution in [1.82, 2.24) is 9.97 Å². The van der Waals surface area contributed by atoms with Crippen molar-refractivity contribution in [1.29, 1.82) is 0 Å². The maximum absolute atomic E-state index is 12.1. The fourth-order valence-corrected chi connectivity index (χ4v) is 1.80. The lowest BCUT2D eigenvalue weighted by molar-refractivity contribution is 0.102. The van der Waals surface area contributed by atoms with E-state index in [0.717, 1.165) is 10.2 Å². The Balaban J connectivity index is 2.25. The Morgan fingerprint density at radius 1 is 1.32 bits per heavy atom. The number of aromatic nitrogens is 2. The van der Waals surface area contributed by atoms with E-state index in [4.69, 9.17) is 5.73 Å². The van der Waals surface area contributed by atoms with Crippen LogP contribution in [0.3, 0.4) is 0 Å². The van der Waals surface area contributed by atoms with Crippen LogP contribution in [-0.2, 0) is 0 Å². The first-order valence-corrected chi connectivity index (χ1v) is 6.43. The largest absolute Gasteiger partial charge is 0.397 e. The molecule has 0 spiro atoms. The highest BCUT2D eigenvalue weighted by Gasteiger charge is 2.11. The summed E-state index contributed by atoms with van der Waals surface area (Å²) < 4.78 is 0.896. The summed E-state index contributed by atoms with van der Waals surface area (Å²) in [7, 11) is 0. The molecule has 2 aromatic rings. The van der Waals surface area contributed by atoms with Gasteiger partial charge in [0.05, 0.1) is 28.8 Å². The van der Waals surface area contributed by atoms with Gasteiger partial charge < -0.3 is 11.1 Å². The number of nitrogens with two attached hydrogens (primary N) is 1. The summed E-state index contributed by atoms with van der Waals surface area (Å²) in [4.78, 5) is 20.4. The van der Waals surface area contributed by atoms with Crippen LogP contribution in [0, 0.1) is 13.8 Å². The van der Waals surface area contributed by atoms with Crippen LogP contribution >= 0.6 is 15.9 Å². The second-order valence-corrected chi connectivity index (χ2v) is 4.97. The molecular weight excluding hydrogens is 308 g/mol. The van der Waals surface area contributed by atoms with Gasteiger partial charge in [-0.05, 0) is 48.0 Å². The van der Waals surface area contributed by atoms with Crippen LogP contribution in [0.5, 0.6) is 0 Å². The molecule has 5 nitrogen and oxygen atoms in total. The summed E-state index contributed by atoms with van der Waals surface area (Å²) in [6.07, 6.45) is 1.52.